The zero-order chi connectivity index (χ0) is 16.9. The molecule has 6 heteroatoms. The monoisotopic (exact) mass is 325 g/mol. The molecule has 24 heavy (non-hydrogen) atoms. The number of hydrogen-bond donors (Lipinski definition) is 1. The molecule has 2 aromatic rings. The Labute approximate surface area is 140 Å². The minimum atomic E-state index is -0.445. The molecule has 0 unspecified atom stereocenters. The third kappa shape index (κ3) is 3.53. The second kappa shape index (κ2) is 7.12. The minimum absolute atomic E-state index is 0.315. The van der Waals surface area contributed by atoms with Crippen LogP contribution < -0.4 is 10.2 Å². The molecule has 1 aliphatic rings. The van der Waals surface area contributed by atoms with Crippen LogP contribution in [0.2, 0.25) is 0 Å². The number of anilines is 2. The van der Waals surface area contributed by atoms with E-state index in [-0.39, 0.29) is 5.91 Å². The number of nitrogens with zero attached hydrogens (tertiary/aromatic N) is 2. The summed E-state index contributed by atoms with van der Waals surface area (Å²) >= 11 is 0. The molecule has 0 bridgehead atoms. The fraction of sp³-hybridized carbons (Fsp3) is 0.278. The van der Waals surface area contributed by atoms with E-state index < -0.39 is 5.97 Å². The predicted molar refractivity (Wildman–Crippen MR) is 91.4 cm³/mol. The van der Waals surface area contributed by atoms with Crippen molar-refractivity contribution in [2.75, 3.05) is 30.4 Å². The maximum atomic E-state index is 12.3. The van der Waals surface area contributed by atoms with Crippen molar-refractivity contribution in [3.63, 3.8) is 0 Å². The second-order valence-corrected chi connectivity index (χ2v) is 5.62. The average Bonchev–Trinajstić information content (AvgIpc) is 3.16. The number of aromatic nitrogens is 1. The number of benzene rings is 1. The Kier molecular flexibility index (Phi) is 4.74. The Morgan fingerprint density at radius 2 is 1.96 bits per heavy atom. The van der Waals surface area contributed by atoms with Crippen LogP contribution in [-0.2, 0) is 4.74 Å². The molecule has 1 aromatic heterocycles. The van der Waals surface area contributed by atoms with Gasteiger partial charge in [-0.05, 0) is 43.2 Å². The number of methoxy groups -OCH3 is 1. The van der Waals surface area contributed by atoms with Gasteiger partial charge in [0.2, 0.25) is 0 Å². The van der Waals surface area contributed by atoms with Gasteiger partial charge in [-0.15, -0.1) is 0 Å². The summed E-state index contributed by atoms with van der Waals surface area (Å²) in [7, 11) is 1.32. The molecule has 6 nitrogen and oxygen atoms in total. The minimum Gasteiger partial charge on any atom is -0.465 e. The molecule has 0 spiro atoms. The van der Waals surface area contributed by atoms with Gasteiger partial charge in [-0.3, -0.25) is 4.79 Å². The van der Waals surface area contributed by atoms with E-state index in [9.17, 15) is 9.59 Å². The van der Waals surface area contributed by atoms with Gasteiger partial charge in [-0.25, -0.2) is 9.78 Å². The third-order valence-electron chi connectivity index (χ3n) is 3.99. The zero-order valence-corrected chi connectivity index (χ0v) is 13.5. The summed E-state index contributed by atoms with van der Waals surface area (Å²) in [6, 6.07) is 10.2. The first kappa shape index (κ1) is 16.0. The van der Waals surface area contributed by atoms with Gasteiger partial charge in [0.25, 0.3) is 5.91 Å². The Morgan fingerprint density at radius 3 is 2.62 bits per heavy atom. The van der Waals surface area contributed by atoms with Crippen LogP contribution in [0.3, 0.4) is 0 Å². The summed E-state index contributed by atoms with van der Waals surface area (Å²) < 4.78 is 4.67. The van der Waals surface area contributed by atoms with E-state index >= 15 is 0 Å². The van der Waals surface area contributed by atoms with Crippen LogP contribution in [0.5, 0.6) is 0 Å². The van der Waals surface area contributed by atoms with Crippen molar-refractivity contribution in [2.45, 2.75) is 12.8 Å². The van der Waals surface area contributed by atoms with E-state index in [0.717, 1.165) is 18.8 Å². The first-order chi connectivity index (χ1) is 11.7. The number of esters is 1. The fourth-order valence-electron chi connectivity index (χ4n) is 2.72. The van der Waals surface area contributed by atoms with Crippen LogP contribution in [-0.4, -0.2) is 37.1 Å². The number of rotatable bonds is 4. The normalized spacial score (nSPS) is 13.6. The molecule has 1 amide bonds. The Hall–Kier alpha value is -2.89. The molecule has 1 saturated heterocycles. The Bertz CT molecular complexity index is 737. The largest absolute Gasteiger partial charge is 0.465 e. The molecule has 1 aromatic carbocycles. The van der Waals surface area contributed by atoms with Gasteiger partial charge >= 0.3 is 5.97 Å². The van der Waals surface area contributed by atoms with Crippen molar-refractivity contribution in [1.82, 2.24) is 4.98 Å². The van der Waals surface area contributed by atoms with Gasteiger partial charge in [-0.2, -0.15) is 0 Å². The van der Waals surface area contributed by atoms with Gasteiger partial charge < -0.3 is 15.0 Å². The molecule has 3 rings (SSSR count). The summed E-state index contributed by atoms with van der Waals surface area (Å²) in [5.41, 5.74) is 2.28. The van der Waals surface area contributed by atoms with Crippen LogP contribution in [0.1, 0.15) is 33.7 Å². The molecule has 2 heterocycles. The van der Waals surface area contributed by atoms with Crippen molar-refractivity contribution >= 4 is 23.3 Å². The molecule has 124 valence electrons. The van der Waals surface area contributed by atoms with Crippen LogP contribution >= 0.6 is 0 Å². The molecule has 1 aliphatic heterocycles. The molecule has 0 aliphatic carbocycles. The lowest BCUT2D eigenvalue weighted by Gasteiger charge is -2.17. The highest BCUT2D eigenvalue weighted by Crippen LogP contribution is 2.19. The van der Waals surface area contributed by atoms with Gasteiger partial charge in [0, 0.05) is 18.8 Å². The molecular weight excluding hydrogens is 306 g/mol. The summed E-state index contributed by atoms with van der Waals surface area (Å²) in [5, 5.41) is 2.74. The van der Waals surface area contributed by atoms with Crippen molar-refractivity contribution in [1.29, 1.82) is 0 Å². The van der Waals surface area contributed by atoms with Crippen molar-refractivity contribution in [3.8, 4) is 0 Å². The van der Waals surface area contributed by atoms with Crippen LogP contribution in [0, 0.1) is 0 Å². The third-order valence-corrected chi connectivity index (χ3v) is 3.99. The number of ether oxygens (including phenoxy) is 1. The lowest BCUT2D eigenvalue weighted by Crippen LogP contribution is -2.19. The molecule has 0 radical (unpaired) electrons. The number of pyridine rings is 1. The number of carbonyl (C=O) groups is 2. The van der Waals surface area contributed by atoms with Crippen molar-refractivity contribution in [3.05, 3.63) is 53.9 Å². The van der Waals surface area contributed by atoms with Gasteiger partial charge in [-0.1, -0.05) is 6.07 Å². The number of amides is 1. The molecule has 1 fully saturated rings. The van der Waals surface area contributed by atoms with E-state index in [1.165, 1.54) is 20.0 Å². The van der Waals surface area contributed by atoms with Crippen molar-refractivity contribution < 1.29 is 14.3 Å². The quantitative estimate of drug-likeness (QED) is 0.875. The average molecular weight is 325 g/mol. The smallest absolute Gasteiger partial charge is 0.337 e. The second-order valence-electron chi connectivity index (χ2n) is 5.62. The topological polar surface area (TPSA) is 71.5 Å². The van der Waals surface area contributed by atoms with Crippen molar-refractivity contribution in [2.24, 2.45) is 0 Å². The van der Waals surface area contributed by atoms with Gasteiger partial charge in [0.15, 0.2) is 0 Å². The Balaban J connectivity index is 1.69. The van der Waals surface area contributed by atoms with E-state index in [2.05, 4.69) is 19.9 Å². The van der Waals surface area contributed by atoms with Crippen LogP contribution in [0.4, 0.5) is 11.4 Å². The Morgan fingerprint density at radius 1 is 1.17 bits per heavy atom. The van der Waals surface area contributed by atoms with Crippen LogP contribution in [0.15, 0.2) is 42.6 Å². The highest BCUT2D eigenvalue weighted by Gasteiger charge is 2.14. The van der Waals surface area contributed by atoms with E-state index in [4.69, 9.17) is 0 Å². The van der Waals surface area contributed by atoms with Gasteiger partial charge in [0.1, 0.15) is 5.69 Å². The van der Waals surface area contributed by atoms with E-state index in [0.29, 0.717) is 16.9 Å². The molecule has 0 saturated carbocycles. The lowest BCUT2D eigenvalue weighted by molar-refractivity contribution is 0.0600. The summed E-state index contributed by atoms with van der Waals surface area (Å²) in [6.45, 7) is 2.07. The van der Waals surface area contributed by atoms with Gasteiger partial charge in [0.05, 0.1) is 24.6 Å². The summed E-state index contributed by atoms with van der Waals surface area (Å²) in [5.74, 6) is -0.760. The van der Waals surface area contributed by atoms with E-state index in [1.54, 1.807) is 36.5 Å². The predicted octanol–water partition coefficient (Wildman–Crippen LogP) is 2.72. The first-order valence-electron chi connectivity index (χ1n) is 7.88. The SMILES string of the molecule is COC(=O)c1cccc(NC(=O)c2ccc(N3CCCC3)cn2)c1. The summed E-state index contributed by atoms with van der Waals surface area (Å²) in [4.78, 5) is 30.3. The number of nitrogens with one attached hydrogen (secondary N) is 1. The maximum Gasteiger partial charge on any atom is 0.337 e. The highest BCUT2D eigenvalue weighted by molar-refractivity contribution is 6.03. The zero-order valence-electron chi connectivity index (χ0n) is 13.5. The molecule has 0 atom stereocenters. The molecule has 1 N–H and O–H groups in total. The van der Waals surface area contributed by atoms with E-state index in [1.807, 2.05) is 6.07 Å². The number of hydrogen-bond acceptors (Lipinski definition) is 5. The summed E-state index contributed by atoms with van der Waals surface area (Å²) in [6.07, 6.45) is 4.11. The maximum absolute atomic E-state index is 12.3. The lowest BCUT2D eigenvalue weighted by atomic mass is 10.2. The first-order valence-corrected chi connectivity index (χ1v) is 7.88. The fourth-order valence-corrected chi connectivity index (χ4v) is 2.72. The highest BCUT2D eigenvalue weighted by atomic mass is 16.5. The number of carbonyl (C=O) groups excluding carboxylic acids is 2. The standard InChI is InChI=1S/C18H19N3O3/c1-24-18(23)13-5-4-6-14(11-13)20-17(22)16-8-7-15(12-19-16)21-9-2-3-10-21/h4-8,11-12H,2-3,9-10H2,1H3,(H,20,22). The molecular formula is C18H19N3O3. The van der Waals surface area contributed by atoms with Crippen LogP contribution in [0.25, 0.3) is 0 Å².